The van der Waals surface area contributed by atoms with E-state index in [4.69, 9.17) is 4.74 Å². The second-order valence-corrected chi connectivity index (χ2v) is 9.17. The van der Waals surface area contributed by atoms with E-state index in [1.54, 1.807) is 54.9 Å². The van der Waals surface area contributed by atoms with Crippen LogP contribution in [-0.4, -0.2) is 27.9 Å². The Morgan fingerprint density at radius 3 is 2.42 bits per heavy atom. The van der Waals surface area contributed by atoms with Gasteiger partial charge in [0.05, 0.1) is 5.69 Å². The van der Waals surface area contributed by atoms with Crippen LogP contribution in [0.1, 0.15) is 11.4 Å². The van der Waals surface area contributed by atoms with E-state index in [-0.39, 0.29) is 4.90 Å². The summed E-state index contributed by atoms with van der Waals surface area (Å²) in [6, 6.07) is 14.9. The fourth-order valence-electron chi connectivity index (χ4n) is 2.83. The van der Waals surface area contributed by atoms with Crippen LogP contribution in [0.3, 0.4) is 0 Å². The molecule has 158 valence electrons. The number of hydrogen-bond donors (Lipinski definition) is 1. The summed E-state index contributed by atoms with van der Waals surface area (Å²) >= 11 is 3.27. The third kappa shape index (κ3) is 4.59. The van der Waals surface area contributed by atoms with Crippen molar-refractivity contribution in [2.75, 3.05) is 4.72 Å². The molecule has 4 aromatic rings. The number of halogens is 1. The van der Waals surface area contributed by atoms with Crippen LogP contribution in [0.25, 0.3) is 5.82 Å². The molecule has 0 aliphatic carbocycles. The summed E-state index contributed by atoms with van der Waals surface area (Å²) in [5.74, 6) is 1.50. The number of nitrogens with one attached hydrogen (secondary N) is 1. The van der Waals surface area contributed by atoms with Gasteiger partial charge in [-0.05, 0) is 66.2 Å². The number of ether oxygens (including phenoxy) is 1. The molecular weight excluding hydrogens is 482 g/mol. The van der Waals surface area contributed by atoms with Crippen LogP contribution in [0.5, 0.6) is 11.6 Å². The molecule has 0 saturated carbocycles. The molecule has 2 aromatic carbocycles. The van der Waals surface area contributed by atoms with Gasteiger partial charge in [0.15, 0.2) is 0 Å². The molecule has 0 radical (unpaired) electrons. The van der Waals surface area contributed by atoms with E-state index in [2.05, 4.69) is 35.6 Å². The van der Waals surface area contributed by atoms with Crippen molar-refractivity contribution in [2.24, 2.45) is 0 Å². The van der Waals surface area contributed by atoms with Crippen molar-refractivity contribution in [2.45, 2.75) is 18.7 Å². The smallest absolute Gasteiger partial charge is 0.263 e. The summed E-state index contributed by atoms with van der Waals surface area (Å²) in [4.78, 5) is 12.8. The topological polar surface area (TPSA) is 99.0 Å². The van der Waals surface area contributed by atoms with Gasteiger partial charge in [-0.3, -0.25) is 9.29 Å². The highest BCUT2D eigenvalue weighted by Crippen LogP contribution is 2.26. The zero-order chi connectivity index (χ0) is 22.0. The Bertz CT molecular complexity index is 1340. The maximum absolute atomic E-state index is 12.6. The summed E-state index contributed by atoms with van der Waals surface area (Å²) in [7, 11) is -3.72. The minimum atomic E-state index is -3.72. The van der Waals surface area contributed by atoms with Gasteiger partial charge in [-0.15, -0.1) is 0 Å². The number of rotatable bonds is 6. The summed E-state index contributed by atoms with van der Waals surface area (Å²) in [6.07, 6.45) is 3.11. The quantitative estimate of drug-likeness (QED) is 0.415. The van der Waals surface area contributed by atoms with E-state index in [1.165, 1.54) is 12.4 Å². The molecule has 0 aliphatic rings. The molecule has 2 heterocycles. The lowest BCUT2D eigenvalue weighted by atomic mass is 10.3. The van der Waals surface area contributed by atoms with Gasteiger partial charge in [-0.2, -0.15) is 0 Å². The number of benzene rings is 2. The fourth-order valence-corrected chi connectivity index (χ4v) is 4.89. The van der Waals surface area contributed by atoms with Crippen LogP contribution in [0, 0.1) is 13.8 Å². The zero-order valence-electron chi connectivity index (χ0n) is 16.7. The summed E-state index contributed by atoms with van der Waals surface area (Å²) in [5.41, 5.74) is 2.31. The van der Waals surface area contributed by atoms with Crippen LogP contribution in [0.2, 0.25) is 0 Å². The molecule has 0 unspecified atom stereocenters. The van der Waals surface area contributed by atoms with Gasteiger partial charge in [0.2, 0.25) is 5.88 Å². The molecule has 31 heavy (non-hydrogen) atoms. The van der Waals surface area contributed by atoms with E-state index in [9.17, 15) is 8.42 Å². The zero-order valence-corrected chi connectivity index (χ0v) is 19.1. The highest BCUT2D eigenvalue weighted by Gasteiger charge is 2.17. The van der Waals surface area contributed by atoms with Gasteiger partial charge in [0.1, 0.15) is 29.1 Å². The highest BCUT2D eigenvalue weighted by molar-refractivity contribution is 9.10. The van der Waals surface area contributed by atoms with Gasteiger partial charge in [0, 0.05) is 21.9 Å². The van der Waals surface area contributed by atoms with Gasteiger partial charge < -0.3 is 4.74 Å². The normalized spacial score (nSPS) is 11.3. The number of nitrogens with zero attached hydrogens (tertiary/aromatic N) is 4. The molecular formula is C21H18BrN5O3S. The van der Waals surface area contributed by atoms with Crippen molar-refractivity contribution < 1.29 is 13.2 Å². The van der Waals surface area contributed by atoms with Crippen molar-refractivity contribution in [1.82, 2.24) is 19.5 Å². The average Bonchev–Trinajstić information content (AvgIpc) is 3.08. The van der Waals surface area contributed by atoms with Gasteiger partial charge in [-0.25, -0.2) is 23.4 Å². The fraction of sp³-hybridized carbons (Fsp3) is 0.0952. The van der Waals surface area contributed by atoms with E-state index in [1.807, 2.05) is 18.4 Å². The lowest BCUT2D eigenvalue weighted by Gasteiger charge is -2.11. The van der Waals surface area contributed by atoms with Crippen molar-refractivity contribution in [1.29, 1.82) is 0 Å². The lowest BCUT2D eigenvalue weighted by Crippen LogP contribution is -2.13. The maximum atomic E-state index is 12.6. The van der Waals surface area contributed by atoms with Crippen LogP contribution in [-0.2, 0) is 10.0 Å². The number of imidazole rings is 1. The molecule has 0 atom stereocenters. The monoisotopic (exact) mass is 499 g/mol. The lowest BCUT2D eigenvalue weighted by molar-refractivity contribution is 0.461. The SMILES string of the molecule is Cc1ncn(-c2cc(Oc3ccc(NS(=O)(=O)c4ccccc4Br)cc3)ncn2)c1C. The number of aromatic nitrogens is 4. The highest BCUT2D eigenvalue weighted by atomic mass is 79.9. The predicted molar refractivity (Wildman–Crippen MR) is 120 cm³/mol. The Balaban J connectivity index is 1.50. The van der Waals surface area contributed by atoms with E-state index >= 15 is 0 Å². The second-order valence-electron chi connectivity index (χ2n) is 6.66. The third-order valence-corrected chi connectivity index (χ3v) is 6.97. The van der Waals surface area contributed by atoms with E-state index < -0.39 is 10.0 Å². The van der Waals surface area contributed by atoms with Gasteiger partial charge >= 0.3 is 0 Å². The Morgan fingerprint density at radius 1 is 1.00 bits per heavy atom. The molecule has 0 fully saturated rings. The van der Waals surface area contributed by atoms with E-state index in [0.29, 0.717) is 27.6 Å². The Hall–Kier alpha value is -3.24. The van der Waals surface area contributed by atoms with Crippen molar-refractivity contribution in [3.05, 3.63) is 83.1 Å². The van der Waals surface area contributed by atoms with Crippen LogP contribution < -0.4 is 9.46 Å². The third-order valence-electron chi connectivity index (χ3n) is 4.58. The largest absolute Gasteiger partial charge is 0.439 e. The summed E-state index contributed by atoms with van der Waals surface area (Å²) in [5, 5.41) is 0. The molecule has 1 N–H and O–H groups in total. The van der Waals surface area contributed by atoms with Crippen molar-refractivity contribution in [3.8, 4) is 17.4 Å². The Labute approximate surface area is 188 Å². The number of anilines is 1. The molecule has 10 heteroatoms. The Morgan fingerprint density at radius 2 is 1.74 bits per heavy atom. The number of aryl methyl sites for hydroxylation is 1. The molecule has 0 amide bonds. The molecule has 0 bridgehead atoms. The first-order chi connectivity index (χ1) is 14.8. The standard InChI is InChI=1S/C21H18BrN5O3S/c1-14-15(2)27(13-25-14)20-11-21(24-12-23-20)30-17-9-7-16(8-10-17)26-31(28,29)19-6-4-3-5-18(19)22/h3-13,26H,1-2H3. The second kappa shape index (κ2) is 8.48. The average molecular weight is 500 g/mol. The van der Waals surface area contributed by atoms with Crippen LogP contribution >= 0.6 is 15.9 Å². The summed E-state index contributed by atoms with van der Waals surface area (Å²) in [6.45, 7) is 3.88. The molecule has 2 aromatic heterocycles. The Kier molecular flexibility index (Phi) is 5.75. The molecule has 4 rings (SSSR count). The van der Waals surface area contributed by atoms with Crippen LogP contribution in [0.4, 0.5) is 5.69 Å². The minimum absolute atomic E-state index is 0.161. The first-order valence-corrected chi connectivity index (χ1v) is 11.5. The molecule has 0 spiro atoms. The predicted octanol–water partition coefficient (Wildman–Crippen LogP) is 4.63. The summed E-state index contributed by atoms with van der Waals surface area (Å²) < 4.78 is 35.9. The van der Waals surface area contributed by atoms with Crippen molar-refractivity contribution >= 4 is 31.6 Å². The molecule has 0 aliphatic heterocycles. The van der Waals surface area contributed by atoms with Gasteiger partial charge in [0.25, 0.3) is 10.0 Å². The first-order valence-electron chi connectivity index (χ1n) is 9.22. The van der Waals surface area contributed by atoms with Gasteiger partial charge in [-0.1, -0.05) is 12.1 Å². The van der Waals surface area contributed by atoms with E-state index in [0.717, 1.165) is 11.4 Å². The van der Waals surface area contributed by atoms with Crippen LogP contribution in [0.15, 0.2) is 76.6 Å². The number of sulfonamides is 1. The van der Waals surface area contributed by atoms with Crippen molar-refractivity contribution in [3.63, 3.8) is 0 Å². The minimum Gasteiger partial charge on any atom is -0.439 e. The first kappa shape index (κ1) is 21.0. The maximum Gasteiger partial charge on any atom is 0.263 e. The molecule has 0 saturated heterocycles. The molecule has 8 nitrogen and oxygen atoms in total. The number of hydrogen-bond acceptors (Lipinski definition) is 6.